The van der Waals surface area contributed by atoms with Gasteiger partial charge in [-0.1, -0.05) is 0 Å². The molecule has 0 unspecified atom stereocenters. The second kappa shape index (κ2) is 7.42. The summed E-state index contributed by atoms with van der Waals surface area (Å²) in [6.45, 7) is 6.16. The Morgan fingerprint density at radius 3 is 3.00 bits per heavy atom. The zero-order chi connectivity index (χ0) is 19.0. The van der Waals surface area contributed by atoms with Crippen molar-refractivity contribution in [3.8, 4) is 16.9 Å². The number of hydrogen-bond donors (Lipinski definition) is 1. The standard InChI is InChI=1S/C20H24N4O2S/c1-13-8-21-4-5-24(13)11-16-7-17-19(27-16)18(12-23(2)20(17)25)14-6-15(26-3)10-22-9-14/h6-7,9-10,12-13,21H,4-5,8,11H2,1-3H3/t13-/m0/s1. The van der Waals surface area contributed by atoms with Gasteiger partial charge >= 0.3 is 0 Å². The van der Waals surface area contributed by atoms with Crippen LogP contribution in [-0.2, 0) is 13.6 Å². The van der Waals surface area contributed by atoms with Crippen LogP contribution in [-0.4, -0.2) is 47.2 Å². The van der Waals surface area contributed by atoms with Crippen LogP contribution in [0.4, 0.5) is 0 Å². The molecule has 0 radical (unpaired) electrons. The lowest BCUT2D eigenvalue weighted by Crippen LogP contribution is -2.49. The van der Waals surface area contributed by atoms with E-state index < -0.39 is 0 Å². The molecule has 3 aromatic rings. The van der Waals surface area contributed by atoms with Crippen molar-refractivity contribution in [1.29, 1.82) is 0 Å². The fourth-order valence-corrected chi connectivity index (χ4v) is 4.79. The molecule has 3 aromatic heterocycles. The maximum Gasteiger partial charge on any atom is 0.259 e. The van der Waals surface area contributed by atoms with Crippen LogP contribution in [0, 0.1) is 0 Å². The van der Waals surface area contributed by atoms with E-state index in [1.165, 1.54) is 4.88 Å². The van der Waals surface area contributed by atoms with Crippen LogP contribution in [0.1, 0.15) is 11.8 Å². The number of nitrogens with zero attached hydrogens (tertiary/aromatic N) is 3. The Labute approximate surface area is 162 Å². The van der Waals surface area contributed by atoms with Gasteiger partial charge in [0.1, 0.15) is 5.75 Å². The Morgan fingerprint density at radius 2 is 2.22 bits per heavy atom. The first-order chi connectivity index (χ1) is 13.1. The predicted molar refractivity (Wildman–Crippen MR) is 110 cm³/mol. The van der Waals surface area contributed by atoms with Crippen LogP contribution in [0.15, 0.2) is 35.5 Å². The van der Waals surface area contributed by atoms with Crippen molar-refractivity contribution in [3.63, 3.8) is 0 Å². The number of piperazine rings is 1. The van der Waals surface area contributed by atoms with Gasteiger partial charge < -0.3 is 14.6 Å². The topological polar surface area (TPSA) is 59.4 Å². The first kappa shape index (κ1) is 18.2. The highest BCUT2D eigenvalue weighted by atomic mass is 32.1. The van der Waals surface area contributed by atoms with Crippen LogP contribution >= 0.6 is 11.3 Å². The van der Waals surface area contributed by atoms with Crippen LogP contribution in [0.5, 0.6) is 5.75 Å². The first-order valence-electron chi connectivity index (χ1n) is 9.13. The average Bonchev–Trinajstić information content (AvgIpc) is 3.10. The number of aryl methyl sites for hydroxylation is 1. The highest BCUT2D eigenvalue weighted by Gasteiger charge is 2.20. The Kier molecular flexibility index (Phi) is 4.99. The molecule has 0 aromatic carbocycles. The van der Waals surface area contributed by atoms with Gasteiger partial charge in [-0.2, -0.15) is 0 Å². The number of fused-ring (bicyclic) bond motifs is 1. The van der Waals surface area contributed by atoms with Crippen LogP contribution < -0.4 is 15.6 Å². The summed E-state index contributed by atoms with van der Waals surface area (Å²) in [5.41, 5.74) is 2.02. The van der Waals surface area contributed by atoms with E-state index in [1.54, 1.807) is 36.3 Å². The van der Waals surface area contributed by atoms with Gasteiger partial charge in [-0.3, -0.25) is 14.7 Å². The highest BCUT2D eigenvalue weighted by molar-refractivity contribution is 7.19. The van der Waals surface area contributed by atoms with Gasteiger partial charge in [-0.05, 0) is 19.1 Å². The number of hydrogen-bond acceptors (Lipinski definition) is 6. The van der Waals surface area contributed by atoms with Crippen molar-refractivity contribution in [2.75, 3.05) is 26.7 Å². The molecule has 0 spiro atoms. The molecule has 4 rings (SSSR count). The molecule has 6 nitrogen and oxygen atoms in total. The SMILES string of the molecule is COc1cncc(-c2cn(C)c(=O)c3cc(CN4CCNC[C@@H]4C)sc23)c1. The zero-order valence-electron chi connectivity index (χ0n) is 15.9. The molecule has 1 saturated heterocycles. The van der Waals surface area contributed by atoms with Crippen LogP contribution in [0.3, 0.4) is 0 Å². The third-order valence-electron chi connectivity index (χ3n) is 5.16. The van der Waals surface area contributed by atoms with E-state index >= 15 is 0 Å². The third kappa shape index (κ3) is 3.50. The molecule has 1 aliphatic heterocycles. The summed E-state index contributed by atoms with van der Waals surface area (Å²) in [5.74, 6) is 0.709. The first-order valence-corrected chi connectivity index (χ1v) is 9.94. The summed E-state index contributed by atoms with van der Waals surface area (Å²) >= 11 is 1.71. The van der Waals surface area contributed by atoms with Gasteiger partial charge in [0.25, 0.3) is 5.56 Å². The van der Waals surface area contributed by atoms with Gasteiger partial charge in [0, 0.05) is 72.4 Å². The van der Waals surface area contributed by atoms with Gasteiger partial charge in [-0.15, -0.1) is 11.3 Å². The largest absolute Gasteiger partial charge is 0.495 e. The molecule has 27 heavy (non-hydrogen) atoms. The van der Waals surface area contributed by atoms with E-state index in [0.29, 0.717) is 11.8 Å². The van der Waals surface area contributed by atoms with Crippen LogP contribution in [0.25, 0.3) is 21.2 Å². The molecule has 1 aliphatic rings. The molecular weight excluding hydrogens is 360 g/mol. The number of ether oxygens (including phenoxy) is 1. The van der Waals surface area contributed by atoms with Gasteiger partial charge in [0.15, 0.2) is 0 Å². The van der Waals surface area contributed by atoms with E-state index in [9.17, 15) is 4.79 Å². The second-order valence-electron chi connectivity index (χ2n) is 7.05. The lowest BCUT2D eigenvalue weighted by atomic mass is 10.1. The van der Waals surface area contributed by atoms with Gasteiger partial charge in [0.05, 0.1) is 18.7 Å². The van der Waals surface area contributed by atoms with Gasteiger partial charge in [0.2, 0.25) is 0 Å². The highest BCUT2D eigenvalue weighted by Crippen LogP contribution is 2.34. The summed E-state index contributed by atoms with van der Waals surface area (Å²) in [6, 6.07) is 4.52. The smallest absolute Gasteiger partial charge is 0.259 e. The number of nitrogens with one attached hydrogen (secondary N) is 1. The second-order valence-corrected chi connectivity index (χ2v) is 8.19. The molecule has 0 amide bonds. The van der Waals surface area contributed by atoms with Crippen molar-refractivity contribution >= 4 is 21.4 Å². The van der Waals surface area contributed by atoms with Crippen molar-refractivity contribution in [1.82, 2.24) is 19.8 Å². The molecule has 0 bridgehead atoms. The van der Waals surface area contributed by atoms with E-state index in [1.807, 2.05) is 18.5 Å². The lowest BCUT2D eigenvalue weighted by molar-refractivity contribution is 0.167. The maximum atomic E-state index is 12.7. The number of rotatable bonds is 4. The molecule has 1 fully saturated rings. The number of methoxy groups -OCH3 is 1. The molecule has 142 valence electrons. The molecule has 1 atom stereocenters. The van der Waals surface area contributed by atoms with Crippen LogP contribution in [0.2, 0.25) is 0 Å². The molecule has 1 N–H and O–H groups in total. The Bertz CT molecular complexity index is 1030. The monoisotopic (exact) mass is 384 g/mol. The minimum absolute atomic E-state index is 0.0421. The molecular formula is C20H24N4O2S. The van der Waals surface area contributed by atoms with Gasteiger partial charge in [-0.25, -0.2) is 0 Å². The summed E-state index contributed by atoms with van der Waals surface area (Å²) in [4.78, 5) is 20.7. The van der Waals surface area contributed by atoms with Crippen molar-refractivity contribution in [2.24, 2.45) is 7.05 Å². The molecule has 7 heteroatoms. The van der Waals surface area contributed by atoms with E-state index in [0.717, 1.165) is 47.4 Å². The van der Waals surface area contributed by atoms with Crippen molar-refractivity contribution in [3.05, 3.63) is 46.0 Å². The summed E-state index contributed by atoms with van der Waals surface area (Å²) in [6.07, 6.45) is 5.41. The number of aromatic nitrogens is 2. The Hall–Kier alpha value is -2.22. The van der Waals surface area contributed by atoms with E-state index in [4.69, 9.17) is 4.74 Å². The number of thiophene rings is 1. The Morgan fingerprint density at radius 1 is 1.37 bits per heavy atom. The summed E-state index contributed by atoms with van der Waals surface area (Å²) in [7, 11) is 3.43. The molecule has 0 aliphatic carbocycles. The zero-order valence-corrected chi connectivity index (χ0v) is 16.7. The number of pyridine rings is 2. The fourth-order valence-electron chi connectivity index (χ4n) is 3.58. The van der Waals surface area contributed by atoms with E-state index in [-0.39, 0.29) is 5.56 Å². The summed E-state index contributed by atoms with van der Waals surface area (Å²) in [5, 5.41) is 4.20. The Balaban J connectivity index is 1.79. The quantitative estimate of drug-likeness (QED) is 0.749. The average molecular weight is 385 g/mol. The third-order valence-corrected chi connectivity index (χ3v) is 6.31. The maximum absolute atomic E-state index is 12.7. The van der Waals surface area contributed by atoms with E-state index in [2.05, 4.69) is 28.2 Å². The van der Waals surface area contributed by atoms with Crippen molar-refractivity contribution in [2.45, 2.75) is 19.5 Å². The predicted octanol–water partition coefficient (Wildman–Crippen LogP) is 2.46. The lowest BCUT2D eigenvalue weighted by Gasteiger charge is -2.33. The molecule has 4 heterocycles. The minimum Gasteiger partial charge on any atom is -0.495 e. The van der Waals surface area contributed by atoms with Crippen molar-refractivity contribution < 1.29 is 4.74 Å². The molecule has 0 saturated carbocycles. The summed E-state index contributed by atoms with van der Waals surface area (Å²) < 4.78 is 7.99. The normalized spacial score (nSPS) is 18.1. The fraction of sp³-hybridized carbons (Fsp3) is 0.400. The minimum atomic E-state index is 0.0421.